The number of aliphatic imine (C=N–C) groups is 2. The van der Waals surface area contributed by atoms with E-state index in [2.05, 4.69) is 100 Å². The van der Waals surface area contributed by atoms with E-state index >= 15 is 0 Å². The first-order valence-corrected chi connectivity index (χ1v) is 15.5. The third-order valence-corrected chi connectivity index (χ3v) is 5.26. The van der Waals surface area contributed by atoms with Crippen LogP contribution in [-0.2, 0) is 15.6 Å². The molecule has 0 aromatic heterocycles. The second-order valence-corrected chi connectivity index (χ2v) is 13.5. The Kier molecular flexibility index (Phi) is 11.0. The van der Waals surface area contributed by atoms with Crippen LogP contribution < -0.4 is 0 Å². The molecule has 0 spiro atoms. The molecule has 6 heteroatoms. The van der Waals surface area contributed by atoms with E-state index in [-0.39, 0.29) is 6.04 Å². The van der Waals surface area contributed by atoms with E-state index in [0.717, 1.165) is 17.0 Å². The molecule has 3 nitrogen and oxygen atoms in total. The van der Waals surface area contributed by atoms with E-state index in [1.54, 1.807) is 0 Å². The first kappa shape index (κ1) is 26.3. The number of halogens is 2. The topological polar surface area (TPSA) is 34.0 Å². The minimum atomic E-state index is 0.189. The van der Waals surface area contributed by atoms with Gasteiger partial charge >= 0.3 is 39.3 Å². The Morgan fingerprint density at radius 1 is 0.935 bits per heavy atom. The monoisotopic (exact) mass is 592 g/mol. The molecule has 1 atom stereocenters. The quantitative estimate of drug-likeness (QED) is 0.245. The van der Waals surface area contributed by atoms with Crippen molar-refractivity contribution in [1.82, 2.24) is 0 Å². The predicted octanol–water partition coefficient (Wildman–Crippen LogP) is 8.20. The van der Waals surface area contributed by atoms with Gasteiger partial charge in [-0.15, -0.1) is 0 Å². The SMILES string of the molecule is CC(C)c1cccc(C(C)C)c1N=C(C1=N[C@@H](C(C)C)CO1)c1ccccc1.[Br][Ni][Br]. The van der Waals surface area contributed by atoms with Crippen LogP contribution in [0.4, 0.5) is 5.69 Å². The van der Waals surface area contributed by atoms with Crippen molar-refractivity contribution >= 4 is 45.7 Å². The summed E-state index contributed by atoms with van der Waals surface area (Å²) in [6.45, 7) is 13.9. The Hall–Kier alpha value is -0.966. The van der Waals surface area contributed by atoms with Gasteiger partial charge in [0.25, 0.3) is 0 Å². The number of rotatable bonds is 6. The van der Waals surface area contributed by atoms with Gasteiger partial charge in [0.15, 0.2) is 0 Å². The molecule has 3 rings (SSSR count). The second-order valence-electron chi connectivity index (χ2n) is 8.52. The van der Waals surface area contributed by atoms with Crippen LogP contribution in [0.25, 0.3) is 0 Å². The number of para-hydroxylation sites is 1. The van der Waals surface area contributed by atoms with Gasteiger partial charge in [-0.25, -0.2) is 9.98 Å². The van der Waals surface area contributed by atoms with Crippen LogP contribution >= 0.6 is 28.5 Å². The molecule has 1 aliphatic heterocycles. The van der Waals surface area contributed by atoms with E-state index in [1.807, 2.05) is 18.2 Å². The first-order valence-electron chi connectivity index (χ1n) is 10.6. The van der Waals surface area contributed by atoms with Crippen molar-refractivity contribution in [2.45, 2.75) is 59.4 Å². The Morgan fingerprint density at radius 2 is 1.48 bits per heavy atom. The standard InChI is InChI=1S/C25H32N2O.2BrH.Ni/c1-16(2)20-13-10-14-21(17(3)4)24(20)27-23(19-11-8-7-9-12-19)25-26-22(15-28-25)18(5)6;;;/h7-14,16-18,22H,15H2,1-6H3;2*1H;/q;;;+2/p-2/t22-;;;/m1.../s1. The zero-order chi connectivity index (χ0) is 23.0. The van der Waals surface area contributed by atoms with Crippen LogP contribution in [0.2, 0.25) is 0 Å². The average Bonchev–Trinajstić information content (AvgIpc) is 3.23. The summed E-state index contributed by atoms with van der Waals surface area (Å²) < 4.78 is 6.04. The molecule has 2 aromatic rings. The molecular formula is C25H32Br2N2NiO. The van der Waals surface area contributed by atoms with E-state index in [4.69, 9.17) is 14.7 Å². The third kappa shape index (κ3) is 7.27. The van der Waals surface area contributed by atoms with Crippen molar-refractivity contribution in [2.24, 2.45) is 15.9 Å². The molecule has 1 heterocycles. The minimum absolute atomic E-state index is 0.189. The van der Waals surface area contributed by atoms with Crippen molar-refractivity contribution in [3.63, 3.8) is 0 Å². The normalized spacial score (nSPS) is 16.4. The summed E-state index contributed by atoms with van der Waals surface area (Å²) in [5.41, 5.74) is 5.46. The molecule has 172 valence electrons. The summed E-state index contributed by atoms with van der Waals surface area (Å²) in [5, 5.41) is 0. The number of nitrogens with zero attached hydrogens (tertiary/aromatic N) is 2. The molecule has 1 aliphatic rings. The van der Waals surface area contributed by atoms with Gasteiger partial charge in [-0.05, 0) is 28.9 Å². The van der Waals surface area contributed by atoms with Gasteiger partial charge in [0, 0.05) is 5.56 Å². The van der Waals surface area contributed by atoms with E-state index in [1.165, 1.54) is 22.0 Å². The second kappa shape index (κ2) is 12.9. The first-order chi connectivity index (χ1) is 14.8. The van der Waals surface area contributed by atoms with Crippen LogP contribution in [0, 0.1) is 5.92 Å². The predicted molar refractivity (Wildman–Crippen MR) is 137 cm³/mol. The fraction of sp³-hybridized carbons (Fsp3) is 0.440. The van der Waals surface area contributed by atoms with E-state index < -0.39 is 0 Å². The number of hydrogen-bond donors (Lipinski definition) is 0. The van der Waals surface area contributed by atoms with Gasteiger partial charge in [0.1, 0.15) is 12.3 Å². The maximum absolute atomic E-state index is 6.04. The van der Waals surface area contributed by atoms with Crippen LogP contribution in [-0.4, -0.2) is 24.3 Å². The van der Waals surface area contributed by atoms with E-state index in [9.17, 15) is 0 Å². The Bertz CT molecular complexity index is 869. The van der Waals surface area contributed by atoms with Crippen molar-refractivity contribution in [3.05, 3.63) is 65.2 Å². The Labute approximate surface area is 207 Å². The molecular weight excluding hydrogens is 563 g/mol. The summed E-state index contributed by atoms with van der Waals surface area (Å²) in [6, 6.07) is 17.0. The molecule has 0 amide bonds. The summed E-state index contributed by atoms with van der Waals surface area (Å²) in [4.78, 5) is 10.1. The van der Waals surface area contributed by atoms with Gasteiger partial charge in [-0.1, -0.05) is 90.1 Å². The van der Waals surface area contributed by atoms with Crippen molar-refractivity contribution < 1.29 is 15.6 Å². The molecule has 0 radical (unpaired) electrons. The Balaban J connectivity index is 0.00000107. The fourth-order valence-electron chi connectivity index (χ4n) is 3.45. The van der Waals surface area contributed by atoms with Gasteiger partial charge in [-0.2, -0.15) is 0 Å². The number of ether oxygens (including phenoxy) is 1. The van der Waals surface area contributed by atoms with Gasteiger partial charge in [-0.3, -0.25) is 0 Å². The van der Waals surface area contributed by atoms with Crippen molar-refractivity contribution in [2.75, 3.05) is 6.61 Å². The number of hydrogen-bond acceptors (Lipinski definition) is 3. The van der Waals surface area contributed by atoms with Crippen LogP contribution in [0.1, 0.15) is 70.1 Å². The molecule has 0 saturated heterocycles. The van der Waals surface area contributed by atoms with Gasteiger partial charge in [0.2, 0.25) is 5.90 Å². The molecule has 2 aromatic carbocycles. The molecule has 0 aliphatic carbocycles. The molecule has 31 heavy (non-hydrogen) atoms. The summed E-state index contributed by atoms with van der Waals surface area (Å²) in [7, 11) is 1.25. The molecule has 0 fully saturated rings. The van der Waals surface area contributed by atoms with Gasteiger partial charge < -0.3 is 4.74 Å². The molecule has 0 unspecified atom stereocenters. The zero-order valence-electron chi connectivity index (χ0n) is 19.0. The van der Waals surface area contributed by atoms with Gasteiger partial charge in [0.05, 0.1) is 11.7 Å². The number of benzene rings is 2. The summed E-state index contributed by atoms with van der Waals surface area (Å²) in [5.74, 6) is 1.90. The maximum atomic E-state index is 6.04. The van der Waals surface area contributed by atoms with Crippen molar-refractivity contribution in [1.29, 1.82) is 0 Å². The Morgan fingerprint density at radius 3 is 1.94 bits per heavy atom. The average molecular weight is 595 g/mol. The summed E-state index contributed by atoms with van der Waals surface area (Å²) in [6.07, 6.45) is 0. The fourth-order valence-corrected chi connectivity index (χ4v) is 3.45. The summed E-state index contributed by atoms with van der Waals surface area (Å²) >= 11 is 6.00. The van der Waals surface area contributed by atoms with E-state index in [0.29, 0.717) is 30.3 Å². The molecule has 0 N–H and O–H groups in total. The third-order valence-electron chi connectivity index (χ3n) is 5.26. The zero-order valence-corrected chi connectivity index (χ0v) is 23.2. The van der Waals surface area contributed by atoms with Crippen LogP contribution in [0.3, 0.4) is 0 Å². The van der Waals surface area contributed by atoms with Crippen LogP contribution in [0.15, 0.2) is 58.5 Å². The van der Waals surface area contributed by atoms with Crippen molar-refractivity contribution in [3.8, 4) is 0 Å². The molecule has 0 saturated carbocycles. The van der Waals surface area contributed by atoms with Crippen LogP contribution in [0.5, 0.6) is 0 Å². The molecule has 0 bridgehead atoms.